The molecule has 6 nitrogen and oxygen atoms in total. The third kappa shape index (κ3) is 4.37. The smallest absolute Gasteiger partial charge is 0.410 e. The number of benzene rings is 1. The van der Waals surface area contributed by atoms with Crippen molar-refractivity contribution in [2.45, 2.75) is 58.6 Å². The maximum absolute atomic E-state index is 12.3. The summed E-state index contributed by atoms with van der Waals surface area (Å²) in [7, 11) is 1.39. The van der Waals surface area contributed by atoms with Crippen molar-refractivity contribution in [3.63, 3.8) is 0 Å². The zero-order chi connectivity index (χ0) is 19.8. The highest BCUT2D eigenvalue weighted by atomic mass is 16.6. The number of nitrogens with zero attached hydrogens (tertiary/aromatic N) is 1. The molecule has 2 fully saturated rings. The highest BCUT2D eigenvalue weighted by molar-refractivity contribution is 5.91. The fraction of sp³-hybridized carbons (Fsp3) is 0.619. The summed E-state index contributed by atoms with van der Waals surface area (Å²) in [4.78, 5) is 25.8. The summed E-state index contributed by atoms with van der Waals surface area (Å²) in [6.45, 7) is 9.15. The van der Waals surface area contributed by atoms with Crippen molar-refractivity contribution in [2.75, 3.05) is 25.5 Å². The molecule has 3 rings (SSSR count). The first-order valence-corrected chi connectivity index (χ1v) is 9.54. The molecular formula is C21H30N2O4. The molecule has 1 aliphatic heterocycles. The Morgan fingerprint density at radius 2 is 1.96 bits per heavy atom. The average molecular weight is 374 g/mol. The second-order valence-electron chi connectivity index (χ2n) is 8.92. The monoisotopic (exact) mass is 374 g/mol. The number of hydrogen-bond donors (Lipinski definition) is 1. The van der Waals surface area contributed by atoms with E-state index in [0.717, 1.165) is 43.6 Å². The molecule has 148 valence electrons. The van der Waals surface area contributed by atoms with Crippen LogP contribution in [0.2, 0.25) is 0 Å². The maximum Gasteiger partial charge on any atom is 0.410 e. The summed E-state index contributed by atoms with van der Waals surface area (Å²) >= 11 is 0. The van der Waals surface area contributed by atoms with Gasteiger partial charge < -0.3 is 19.7 Å². The van der Waals surface area contributed by atoms with E-state index in [-0.39, 0.29) is 17.5 Å². The zero-order valence-electron chi connectivity index (χ0n) is 16.9. The van der Waals surface area contributed by atoms with Crippen molar-refractivity contribution in [3.8, 4) is 0 Å². The van der Waals surface area contributed by atoms with Crippen molar-refractivity contribution in [3.05, 3.63) is 29.3 Å². The number of likely N-dealkylation sites (tertiary alicyclic amines) is 1. The molecule has 1 spiro atoms. The number of aryl methyl sites for hydroxylation is 1. The Labute approximate surface area is 161 Å². The third-order valence-corrected chi connectivity index (χ3v) is 5.45. The number of carbonyl (C=O) groups is 2. The van der Waals surface area contributed by atoms with Gasteiger partial charge >= 0.3 is 12.1 Å². The van der Waals surface area contributed by atoms with Gasteiger partial charge in [-0.3, -0.25) is 0 Å². The van der Waals surface area contributed by atoms with E-state index in [1.165, 1.54) is 7.11 Å². The Balaban J connectivity index is 1.52. The molecule has 1 aromatic carbocycles. The first-order valence-electron chi connectivity index (χ1n) is 9.54. The molecule has 0 aromatic heterocycles. The SMILES string of the molecule is COC(=O)c1ccc(NC2CC3(CCN(C(=O)OC(C)(C)C)C3)C2)cc1C. The standard InChI is InChI=1S/C21H30N2O4/c1-14-10-15(6-7-17(14)18(24)26-5)22-16-11-21(12-16)8-9-23(13-21)19(25)27-20(2,3)4/h6-7,10,16,22H,8-9,11-13H2,1-5H3. The summed E-state index contributed by atoms with van der Waals surface area (Å²) in [6.07, 6.45) is 2.92. The van der Waals surface area contributed by atoms with Gasteiger partial charge in [0.05, 0.1) is 12.7 Å². The maximum atomic E-state index is 12.3. The van der Waals surface area contributed by atoms with Crippen molar-refractivity contribution in [2.24, 2.45) is 5.41 Å². The number of hydrogen-bond acceptors (Lipinski definition) is 5. The topological polar surface area (TPSA) is 67.9 Å². The number of rotatable bonds is 3. The molecule has 1 aromatic rings. The first-order chi connectivity index (χ1) is 12.6. The molecular weight excluding hydrogens is 344 g/mol. The Morgan fingerprint density at radius 1 is 1.26 bits per heavy atom. The Morgan fingerprint density at radius 3 is 2.56 bits per heavy atom. The van der Waals surface area contributed by atoms with Crippen LogP contribution in [0.25, 0.3) is 0 Å². The molecule has 0 unspecified atom stereocenters. The number of ether oxygens (including phenoxy) is 2. The number of amides is 1. The van der Waals surface area contributed by atoms with Gasteiger partial charge in [-0.15, -0.1) is 0 Å². The molecule has 0 bridgehead atoms. The van der Waals surface area contributed by atoms with Crippen LogP contribution in [0.15, 0.2) is 18.2 Å². The van der Waals surface area contributed by atoms with E-state index in [1.807, 2.05) is 44.7 Å². The molecule has 0 atom stereocenters. The minimum Gasteiger partial charge on any atom is -0.465 e. The van der Waals surface area contributed by atoms with E-state index in [9.17, 15) is 9.59 Å². The molecule has 1 amide bonds. The summed E-state index contributed by atoms with van der Waals surface area (Å²) in [6, 6.07) is 6.11. The highest BCUT2D eigenvalue weighted by Crippen LogP contribution is 2.49. The van der Waals surface area contributed by atoms with Crippen LogP contribution >= 0.6 is 0 Å². The lowest BCUT2D eigenvalue weighted by Crippen LogP contribution is -2.47. The predicted molar refractivity (Wildman–Crippen MR) is 104 cm³/mol. The van der Waals surface area contributed by atoms with Gasteiger partial charge in [-0.25, -0.2) is 9.59 Å². The van der Waals surface area contributed by atoms with Crippen LogP contribution in [0.3, 0.4) is 0 Å². The molecule has 1 N–H and O–H groups in total. The van der Waals surface area contributed by atoms with E-state index < -0.39 is 5.60 Å². The van der Waals surface area contributed by atoms with Crippen LogP contribution in [0.5, 0.6) is 0 Å². The lowest BCUT2D eigenvalue weighted by molar-refractivity contribution is 0.0237. The van der Waals surface area contributed by atoms with Crippen LogP contribution < -0.4 is 5.32 Å². The van der Waals surface area contributed by atoms with Crippen LogP contribution in [-0.4, -0.2) is 48.8 Å². The minimum atomic E-state index is -0.454. The minimum absolute atomic E-state index is 0.204. The van der Waals surface area contributed by atoms with Gasteiger partial charge in [0.2, 0.25) is 0 Å². The summed E-state index contributed by atoms with van der Waals surface area (Å²) < 4.78 is 10.3. The molecule has 2 aliphatic rings. The average Bonchev–Trinajstić information content (AvgIpc) is 2.98. The van der Waals surface area contributed by atoms with Gasteiger partial charge in [0.1, 0.15) is 5.60 Å². The lowest BCUT2D eigenvalue weighted by atomic mass is 9.65. The molecule has 27 heavy (non-hydrogen) atoms. The molecule has 1 saturated carbocycles. The van der Waals surface area contributed by atoms with Crippen molar-refractivity contribution < 1.29 is 19.1 Å². The van der Waals surface area contributed by atoms with Gasteiger partial charge in [0, 0.05) is 24.8 Å². The van der Waals surface area contributed by atoms with Crippen LogP contribution in [0.4, 0.5) is 10.5 Å². The fourth-order valence-corrected chi connectivity index (χ4v) is 4.17. The lowest BCUT2D eigenvalue weighted by Gasteiger charge is -2.45. The van der Waals surface area contributed by atoms with Gasteiger partial charge in [-0.05, 0) is 76.1 Å². The molecule has 1 heterocycles. The van der Waals surface area contributed by atoms with Crippen molar-refractivity contribution in [1.29, 1.82) is 0 Å². The van der Waals surface area contributed by atoms with Gasteiger partial charge in [0.15, 0.2) is 0 Å². The Kier molecular flexibility index (Phi) is 5.10. The fourth-order valence-electron chi connectivity index (χ4n) is 4.17. The van der Waals surface area contributed by atoms with Gasteiger partial charge in [-0.1, -0.05) is 0 Å². The number of methoxy groups -OCH3 is 1. The largest absolute Gasteiger partial charge is 0.465 e. The summed E-state index contributed by atoms with van der Waals surface area (Å²) in [5, 5.41) is 3.55. The number of anilines is 1. The van der Waals surface area contributed by atoms with Crippen LogP contribution in [0.1, 0.15) is 56.0 Å². The van der Waals surface area contributed by atoms with E-state index in [0.29, 0.717) is 11.6 Å². The Bertz CT molecular complexity index is 732. The van der Waals surface area contributed by atoms with Crippen LogP contribution in [-0.2, 0) is 9.47 Å². The molecule has 1 aliphatic carbocycles. The number of carbonyl (C=O) groups excluding carboxylic acids is 2. The summed E-state index contributed by atoms with van der Waals surface area (Å²) in [5.74, 6) is -0.310. The third-order valence-electron chi connectivity index (χ3n) is 5.45. The quantitative estimate of drug-likeness (QED) is 0.811. The van der Waals surface area contributed by atoms with Gasteiger partial charge in [-0.2, -0.15) is 0 Å². The Hall–Kier alpha value is -2.24. The molecule has 0 radical (unpaired) electrons. The first kappa shape index (κ1) is 19.5. The van der Waals surface area contributed by atoms with E-state index in [4.69, 9.17) is 9.47 Å². The van der Waals surface area contributed by atoms with Crippen molar-refractivity contribution in [1.82, 2.24) is 4.90 Å². The van der Waals surface area contributed by atoms with E-state index in [1.54, 1.807) is 6.07 Å². The normalized spacial score (nSPS) is 24.5. The molecule has 1 saturated heterocycles. The van der Waals surface area contributed by atoms with E-state index in [2.05, 4.69) is 5.32 Å². The van der Waals surface area contributed by atoms with Gasteiger partial charge in [0.25, 0.3) is 0 Å². The second-order valence-corrected chi connectivity index (χ2v) is 8.92. The summed E-state index contributed by atoms with van der Waals surface area (Å²) in [5.41, 5.74) is 2.28. The number of nitrogens with one attached hydrogen (secondary N) is 1. The predicted octanol–water partition coefficient (Wildman–Crippen LogP) is 3.98. The number of esters is 1. The zero-order valence-corrected chi connectivity index (χ0v) is 16.9. The molecule has 6 heteroatoms. The van der Waals surface area contributed by atoms with Crippen molar-refractivity contribution >= 4 is 17.7 Å². The van der Waals surface area contributed by atoms with Crippen LogP contribution in [0, 0.1) is 12.3 Å². The highest BCUT2D eigenvalue weighted by Gasteiger charge is 2.50. The second kappa shape index (κ2) is 7.06. The van der Waals surface area contributed by atoms with E-state index >= 15 is 0 Å².